The van der Waals surface area contributed by atoms with Crippen molar-refractivity contribution in [2.75, 3.05) is 5.75 Å². The van der Waals surface area contributed by atoms with Crippen LogP contribution in [0.5, 0.6) is 0 Å². The lowest BCUT2D eigenvalue weighted by atomic mass is 10.2. The van der Waals surface area contributed by atoms with Crippen molar-refractivity contribution in [3.63, 3.8) is 0 Å². The van der Waals surface area contributed by atoms with Gasteiger partial charge in [0.2, 0.25) is 0 Å². The van der Waals surface area contributed by atoms with Crippen molar-refractivity contribution in [3.05, 3.63) is 45.7 Å². The first-order valence-electron chi connectivity index (χ1n) is 4.25. The summed E-state index contributed by atoms with van der Waals surface area (Å²) in [5.74, 6) is 1.14. The van der Waals surface area contributed by atoms with Crippen LogP contribution in [-0.2, 0) is 0 Å². The summed E-state index contributed by atoms with van der Waals surface area (Å²) in [6.07, 6.45) is 4.62. The van der Waals surface area contributed by atoms with E-state index in [1.807, 2.05) is 23.5 Å². The van der Waals surface area contributed by atoms with Gasteiger partial charge in [-0.2, -0.15) is 0 Å². The second kappa shape index (κ2) is 2.96. The minimum absolute atomic E-state index is 1.14. The van der Waals surface area contributed by atoms with Crippen LogP contribution in [0.15, 0.2) is 45.0 Å². The number of thioether (sulfide) groups is 2. The molecule has 2 aliphatic heterocycles. The zero-order valence-corrected chi connectivity index (χ0v) is 8.62. The number of rotatable bonds is 0. The average Bonchev–Trinajstić information content (AvgIpc) is 2.61. The third-order valence-electron chi connectivity index (χ3n) is 2.18. The number of hydrogen-bond donors (Lipinski definition) is 0. The molecule has 0 saturated carbocycles. The molecule has 3 rings (SSSR count). The van der Waals surface area contributed by atoms with E-state index in [9.17, 15) is 0 Å². The van der Waals surface area contributed by atoms with Crippen LogP contribution in [0, 0.1) is 0 Å². The Morgan fingerprint density at radius 1 is 1.08 bits per heavy atom. The molecule has 0 unspecified atom stereocenters. The van der Waals surface area contributed by atoms with Gasteiger partial charge in [-0.25, -0.2) is 0 Å². The van der Waals surface area contributed by atoms with Gasteiger partial charge in [0.1, 0.15) is 0 Å². The summed E-state index contributed by atoms with van der Waals surface area (Å²) in [5, 5.41) is 0. The molecule has 0 N–H and O–H groups in total. The fourth-order valence-corrected chi connectivity index (χ4v) is 3.76. The molecule has 13 heavy (non-hydrogen) atoms. The highest BCUT2D eigenvalue weighted by Crippen LogP contribution is 2.47. The van der Waals surface area contributed by atoms with E-state index in [1.54, 1.807) is 0 Å². The van der Waals surface area contributed by atoms with E-state index in [1.165, 1.54) is 20.3 Å². The molecule has 64 valence electrons. The molecule has 0 atom stereocenters. The van der Waals surface area contributed by atoms with Crippen molar-refractivity contribution in [2.24, 2.45) is 0 Å². The Balaban J connectivity index is 2.18. The lowest BCUT2D eigenvalue weighted by Gasteiger charge is -2.13. The zero-order chi connectivity index (χ0) is 8.67. The van der Waals surface area contributed by atoms with Crippen molar-refractivity contribution in [1.29, 1.82) is 0 Å². The Morgan fingerprint density at radius 2 is 2.00 bits per heavy atom. The maximum absolute atomic E-state index is 2.32. The van der Waals surface area contributed by atoms with Gasteiger partial charge in [-0.05, 0) is 17.7 Å². The molecule has 2 heterocycles. The van der Waals surface area contributed by atoms with Gasteiger partial charge in [0.15, 0.2) is 0 Å². The van der Waals surface area contributed by atoms with Crippen LogP contribution in [-0.4, -0.2) is 5.75 Å². The van der Waals surface area contributed by atoms with Crippen LogP contribution >= 0.6 is 23.5 Å². The zero-order valence-electron chi connectivity index (χ0n) is 6.99. The smallest absolute Gasteiger partial charge is 0.0227 e. The van der Waals surface area contributed by atoms with E-state index in [4.69, 9.17) is 0 Å². The Hall–Kier alpha value is -0.600. The van der Waals surface area contributed by atoms with Gasteiger partial charge in [-0.3, -0.25) is 0 Å². The fourth-order valence-electron chi connectivity index (χ4n) is 1.54. The standard InChI is InChI=1S/C11H8S2/c1-2-4-9-8(3-1)7-11-10(13-9)5-6-12-11/h1-5,7H,6H2. The lowest BCUT2D eigenvalue weighted by Crippen LogP contribution is -1.87. The molecule has 0 fully saturated rings. The Bertz CT molecular complexity index is 416. The van der Waals surface area contributed by atoms with Crippen molar-refractivity contribution in [1.82, 2.24) is 0 Å². The number of fused-ring (bicyclic) bond motifs is 2. The van der Waals surface area contributed by atoms with Crippen LogP contribution < -0.4 is 0 Å². The Labute approximate surface area is 86.1 Å². The van der Waals surface area contributed by atoms with E-state index in [0.717, 1.165) is 5.75 Å². The van der Waals surface area contributed by atoms with E-state index in [0.29, 0.717) is 0 Å². The van der Waals surface area contributed by atoms with Gasteiger partial charge in [0.25, 0.3) is 0 Å². The maximum Gasteiger partial charge on any atom is 0.0227 e. The van der Waals surface area contributed by atoms with Crippen LogP contribution in [0.2, 0.25) is 0 Å². The van der Waals surface area contributed by atoms with Gasteiger partial charge in [0.05, 0.1) is 0 Å². The fraction of sp³-hybridized carbons (Fsp3) is 0.0909. The second-order valence-electron chi connectivity index (χ2n) is 3.03. The van der Waals surface area contributed by atoms with Gasteiger partial charge >= 0.3 is 0 Å². The highest BCUT2D eigenvalue weighted by molar-refractivity contribution is 8.09. The molecular weight excluding hydrogens is 196 g/mol. The lowest BCUT2D eigenvalue weighted by molar-refractivity contribution is 1.41. The highest BCUT2D eigenvalue weighted by Gasteiger charge is 2.19. The maximum atomic E-state index is 2.32. The van der Waals surface area contributed by atoms with Gasteiger partial charge in [0, 0.05) is 20.5 Å². The topological polar surface area (TPSA) is 0 Å². The van der Waals surface area contributed by atoms with Gasteiger partial charge < -0.3 is 0 Å². The first kappa shape index (κ1) is 7.77. The summed E-state index contributed by atoms with van der Waals surface area (Å²) in [5.41, 5.74) is 1.37. The van der Waals surface area contributed by atoms with Crippen LogP contribution in [0.1, 0.15) is 5.56 Å². The summed E-state index contributed by atoms with van der Waals surface area (Å²) in [6, 6.07) is 8.58. The monoisotopic (exact) mass is 204 g/mol. The first-order valence-corrected chi connectivity index (χ1v) is 6.05. The highest BCUT2D eigenvalue weighted by atomic mass is 32.2. The summed E-state index contributed by atoms with van der Waals surface area (Å²) >= 11 is 3.84. The third-order valence-corrected chi connectivity index (χ3v) is 4.49. The average molecular weight is 204 g/mol. The molecule has 0 nitrogen and oxygen atoms in total. The largest absolute Gasteiger partial charge is 0.121 e. The second-order valence-corrected chi connectivity index (χ2v) is 5.17. The summed E-state index contributed by atoms with van der Waals surface area (Å²) < 4.78 is 0. The Morgan fingerprint density at radius 3 is 3.00 bits per heavy atom. The number of benzene rings is 1. The molecule has 0 bridgehead atoms. The van der Waals surface area contributed by atoms with Gasteiger partial charge in [-0.1, -0.05) is 36.0 Å². The van der Waals surface area contributed by atoms with Gasteiger partial charge in [-0.15, -0.1) is 11.8 Å². The molecule has 0 saturated heterocycles. The molecule has 1 aromatic rings. The molecular formula is C11H8S2. The molecule has 0 radical (unpaired) electrons. The Kier molecular flexibility index (Phi) is 1.77. The van der Waals surface area contributed by atoms with Crippen LogP contribution in [0.3, 0.4) is 0 Å². The molecule has 0 spiro atoms. The molecule has 2 heteroatoms. The van der Waals surface area contributed by atoms with Crippen molar-refractivity contribution >= 4 is 29.6 Å². The predicted octanol–water partition coefficient (Wildman–Crippen LogP) is 3.76. The number of hydrogen-bond acceptors (Lipinski definition) is 2. The van der Waals surface area contributed by atoms with E-state index < -0.39 is 0 Å². The van der Waals surface area contributed by atoms with E-state index in [2.05, 4.69) is 36.4 Å². The SMILES string of the molecule is C1=C2SCC=C2Sc2ccccc21. The third kappa shape index (κ3) is 1.25. The van der Waals surface area contributed by atoms with Crippen LogP contribution in [0.4, 0.5) is 0 Å². The van der Waals surface area contributed by atoms with Crippen molar-refractivity contribution < 1.29 is 0 Å². The molecule has 0 amide bonds. The van der Waals surface area contributed by atoms with Crippen molar-refractivity contribution in [2.45, 2.75) is 4.90 Å². The molecule has 1 aromatic carbocycles. The minimum Gasteiger partial charge on any atom is -0.121 e. The normalized spacial score (nSPS) is 18.8. The predicted molar refractivity (Wildman–Crippen MR) is 60.8 cm³/mol. The molecule has 0 aliphatic carbocycles. The van der Waals surface area contributed by atoms with E-state index in [-0.39, 0.29) is 0 Å². The molecule has 0 aromatic heterocycles. The van der Waals surface area contributed by atoms with E-state index >= 15 is 0 Å². The molecule has 2 aliphatic rings. The summed E-state index contributed by atoms with van der Waals surface area (Å²) in [4.78, 5) is 4.28. The summed E-state index contributed by atoms with van der Waals surface area (Å²) in [6.45, 7) is 0. The quantitative estimate of drug-likeness (QED) is 0.631. The minimum atomic E-state index is 1.14. The van der Waals surface area contributed by atoms with Crippen molar-refractivity contribution in [3.8, 4) is 0 Å². The summed E-state index contributed by atoms with van der Waals surface area (Å²) in [7, 11) is 0. The first-order chi connectivity index (χ1) is 6.43. The van der Waals surface area contributed by atoms with Crippen LogP contribution in [0.25, 0.3) is 6.08 Å².